The largest absolute Gasteiger partial charge is 0.312 e. The molecule has 1 fully saturated rings. The van der Waals surface area contributed by atoms with Crippen LogP contribution in [0.5, 0.6) is 0 Å². The Hall–Kier alpha value is -0.830. The number of hydrogen-bond acceptors (Lipinski definition) is 1. The lowest BCUT2D eigenvalue weighted by Gasteiger charge is -2.50. The summed E-state index contributed by atoms with van der Waals surface area (Å²) in [6.45, 7) is 6.69. The fraction of sp³-hybridized carbons (Fsp3) is 0.562. The van der Waals surface area contributed by atoms with Gasteiger partial charge in [0.25, 0.3) is 0 Å². The maximum atomic E-state index is 12.2. The molecule has 0 aromatic carbocycles. The average Bonchev–Trinajstić information content (AvgIpc) is 2.69. The number of amides is 1. The molecule has 1 saturated heterocycles. The van der Waals surface area contributed by atoms with Gasteiger partial charge in [0.2, 0.25) is 5.91 Å². The normalized spacial score (nSPS) is 37.4. The number of halogens is 1. The van der Waals surface area contributed by atoms with E-state index in [0.717, 1.165) is 12.8 Å². The molecule has 3 atom stereocenters. The number of carbonyl (C=O) groups is 1. The van der Waals surface area contributed by atoms with E-state index in [0.29, 0.717) is 24.8 Å². The van der Waals surface area contributed by atoms with Crippen molar-refractivity contribution in [1.82, 2.24) is 4.90 Å². The third-order valence-electron chi connectivity index (χ3n) is 4.90. The smallest absolute Gasteiger partial charge is 0.227 e. The van der Waals surface area contributed by atoms with Crippen molar-refractivity contribution < 1.29 is 4.79 Å². The number of piperidine rings is 1. The lowest BCUT2D eigenvalue weighted by atomic mass is 9.63. The van der Waals surface area contributed by atoms with E-state index in [1.54, 1.807) is 0 Å². The van der Waals surface area contributed by atoms with Crippen LogP contribution in [0.3, 0.4) is 0 Å². The maximum absolute atomic E-state index is 12.2. The van der Waals surface area contributed by atoms with E-state index in [1.807, 2.05) is 11.0 Å². The summed E-state index contributed by atoms with van der Waals surface area (Å²) < 4.78 is 1.30. The number of rotatable bonds is 2. The van der Waals surface area contributed by atoms with Crippen LogP contribution in [0.4, 0.5) is 0 Å². The minimum atomic E-state index is 0.0728. The van der Waals surface area contributed by atoms with Crippen LogP contribution in [-0.2, 0) is 4.79 Å². The molecule has 1 heterocycles. The lowest BCUT2D eigenvalue weighted by Crippen LogP contribution is -2.49. The van der Waals surface area contributed by atoms with Crippen LogP contribution in [0.15, 0.2) is 35.0 Å². The minimum absolute atomic E-state index is 0.0728. The summed E-state index contributed by atoms with van der Waals surface area (Å²) in [4.78, 5) is 14.2. The predicted octanol–water partition coefficient (Wildman–Crippen LogP) is 4.00. The molecule has 1 spiro atoms. The highest BCUT2D eigenvalue weighted by molar-refractivity contribution is 9.11. The Morgan fingerprint density at radius 2 is 2.42 bits per heavy atom. The fourth-order valence-corrected chi connectivity index (χ4v) is 4.99. The number of nitrogens with zero attached hydrogens (tertiary/aromatic N) is 1. The first-order valence-corrected chi connectivity index (χ1v) is 7.88. The molecule has 19 heavy (non-hydrogen) atoms. The first kappa shape index (κ1) is 13.2. The van der Waals surface area contributed by atoms with E-state index in [2.05, 4.69) is 41.6 Å². The van der Waals surface area contributed by atoms with Gasteiger partial charge in [0, 0.05) is 28.6 Å². The van der Waals surface area contributed by atoms with E-state index >= 15 is 0 Å². The van der Waals surface area contributed by atoms with Crippen molar-refractivity contribution in [3.05, 3.63) is 35.0 Å². The summed E-state index contributed by atoms with van der Waals surface area (Å²) in [5.74, 6) is 1.45. The van der Waals surface area contributed by atoms with E-state index in [4.69, 9.17) is 0 Å². The molecule has 0 aromatic rings. The topological polar surface area (TPSA) is 20.3 Å². The van der Waals surface area contributed by atoms with Gasteiger partial charge < -0.3 is 4.90 Å². The minimum Gasteiger partial charge on any atom is -0.312 e. The van der Waals surface area contributed by atoms with Gasteiger partial charge >= 0.3 is 0 Å². The Balaban J connectivity index is 2.10. The van der Waals surface area contributed by atoms with Crippen molar-refractivity contribution in [2.24, 2.45) is 17.3 Å². The van der Waals surface area contributed by atoms with E-state index in [9.17, 15) is 4.79 Å². The molecule has 102 valence electrons. The molecular formula is C16H20BrNO. The van der Waals surface area contributed by atoms with Crippen molar-refractivity contribution in [2.75, 3.05) is 6.54 Å². The molecule has 0 unspecified atom stereocenters. The van der Waals surface area contributed by atoms with Crippen LogP contribution < -0.4 is 0 Å². The Bertz CT molecular complexity index is 493. The van der Waals surface area contributed by atoms with Crippen LogP contribution in [0.2, 0.25) is 0 Å². The van der Waals surface area contributed by atoms with Crippen LogP contribution in [0, 0.1) is 17.3 Å². The van der Waals surface area contributed by atoms with Crippen molar-refractivity contribution in [3.8, 4) is 0 Å². The van der Waals surface area contributed by atoms with Crippen LogP contribution in [0.1, 0.15) is 32.6 Å². The lowest BCUT2D eigenvalue weighted by molar-refractivity contribution is -0.133. The third-order valence-corrected chi connectivity index (χ3v) is 5.93. The highest BCUT2D eigenvalue weighted by Crippen LogP contribution is 2.61. The van der Waals surface area contributed by atoms with Crippen LogP contribution in [0.25, 0.3) is 0 Å². The fourth-order valence-electron chi connectivity index (χ4n) is 4.07. The Labute approximate surface area is 123 Å². The van der Waals surface area contributed by atoms with Gasteiger partial charge in [-0.25, -0.2) is 0 Å². The summed E-state index contributed by atoms with van der Waals surface area (Å²) in [5, 5.41) is 0. The molecule has 0 saturated carbocycles. The predicted molar refractivity (Wildman–Crippen MR) is 80.6 cm³/mol. The second-order valence-corrected chi connectivity index (χ2v) is 6.87. The third kappa shape index (κ3) is 1.78. The zero-order chi connectivity index (χ0) is 13.6. The number of allylic oxidation sites excluding steroid dienone is 3. The number of carbonyl (C=O) groups excluding carboxylic acids is 1. The molecular weight excluding hydrogens is 302 g/mol. The molecule has 3 heteroatoms. The highest BCUT2D eigenvalue weighted by Gasteiger charge is 2.54. The van der Waals surface area contributed by atoms with Crippen molar-refractivity contribution in [1.29, 1.82) is 0 Å². The summed E-state index contributed by atoms with van der Waals surface area (Å²) in [6.07, 6.45) is 10.4. The quantitative estimate of drug-likeness (QED) is 0.704. The second-order valence-electron chi connectivity index (χ2n) is 6.01. The summed E-state index contributed by atoms with van der Waals surface area (Å²) in [6, 6.07) is 0. The van der Waals surface area contributed by atoms with Crippen LogP contribution >= 0.6 is 15.9 Å². The van der Waals surface area contributed by atoms with E-state index < -0.39 is 0 Å². The molecule has 3 rings (SSSR count). The number of hydrogen-bond donors (Lipinski definition) is 0. The van der Waals surface area contributed by atoms with Gasteiger partial charge in [-0.3, -0.25) is 4.79 Å². The monoisotopic (exact) mass is 321 g/mol. The first-order chi connectivity index (χ1) is 9.09. The zero-order valence-corrected chi connectivity index (χ0v) is 12.9. The summed E-state index contributed by atoms with van der Waals surface area (Å²) in [5.41, 5.74) is 1.30. The molecule has 1 aliphatic heterocycles. The molecule has 0 bridgehead atoms. The Morgan fingerprint density at radius 1 is 1.63 bits per heavy atom. The molecule has 1 amide bonds. The van der Waals surface area contributed by atoms with Crippen molar-refractivity contribution in [2.45, 2.75) is 32.6 Å². The summed E-state index contributed by atoms with van der Waals surface area (Å²) >= 11 is 3.79. The SMILES string of the molecule is C=CCN1C(=O)CC[C@@]23C(Br)=CC[C@@H]2C[C@@H](C)C=C13. The van der Waals surface area contributed by atoms with Gasteiger partial charge in [-0.1, -0.05) is 41.1 Å². The van der Waals surface area contributed by atoms with Gasteiger partial charge in [0.1, 0.15) is 0 Å². The van der Waals surface area contributed by atoms with Gasteiger partial charge in [-0.2, -0.15) is 0 Å². The molecule has 0 radical (unpaired) electrons. The van der Waals surface area contributed by atoms with Crippen molar-refractivity contribution in [3.63, 3.8) is 0 Å². The standard InChI is InChI=1S/C16H20BrNO/c1-3-8-18-14-10-11(2)9-12-4-5-13(17)16(12,14)7-6-15(18)19/h3,5,10-12H,1,4,6-9H2,2H3/t11-,12-,16+/m1/s1. The molecule has 0 aromatic heterocycles. The van der Waals surface area contributed by atoms with Gasteiger partial charge in [-0.05, 0) is 31.1 Å². The maximum Gasteiger partial charge on any atom is 0.227 e. The molecule has 2 nitrogen and oxygen atoms in total. The average molecular weight is 322 g/mol. The van der Waals surface area contributed by atoms with Gasteiger partial charge in [-0.15, -0.1) is 6.58 Å². The molecule has 2 aliphatic carbocycles. The van der Waals surface area contributed by atoms with Gasteiger partial charge in [0.15, 0.2) is 0 Å². The second kappa shape index (κ2) is 4.62. The number of likely N-dealkylation sites (tertiary alicyclic amines) is 1. The van der Waals surface area contributed by atoms with E-state index in [1.165, 1.54) is 16.6 Å². The van der Waals surface area contributed by atoms with Gasteiger partial charge in [0.05, 0.1) is 0 Å². The summed E-state index contributed by atoms with van der Waals surface area (Å²) in [7, 11) is 0. The highest BCUT2D eigenvalue weighted by atomic mass is 79.9. The molecule has 0 N–H and O–H groups in total. The van der Waals surface area contributed by atoms with Crippen molar-refractivity contribution >= 4 is 21.8 Å². The Kier molecular flexibility index (Phi) is 3.20. The molecule has 3 aliphatic rings. The van der Waals surface area contributed by atoms with Crippen LogP contribution in [-0.4, -0.2) is 17.4 Å². The zero-order valence-electron chi connectivity index (χ0n) is 11.4. The van der Waals surface area contributed by atoms with E-state index in [-0.39, 0.29) is 11.3 Å². The Morgan fingerprint density at radius 3 is 3.16 bits per heavy atom. The first-order valence-electron chi connectivity index (χ1n) is 7.09.